The number of hydrogen-bond donors (Lipinski definition) is 2. The molecule has 0 radical (unpaired) electrons. The second kappa shape index (κ2) is 8.49. The summed E-state index contributed by atoms with van der Waals surface area (Å²) in [6.45, 7) is 4.45. The number of nitrogens with zero attached hydrogens (tertiary/aromatic N) is 2. The van der Waals surface area contributed by atoms with Crippen molar-refractivity contribution >= 4 is 29.0 Å². The van der Waals surface area contributed by atoms with Gasteiger partial charge in [-0.25, -0.2) is 9.97 Å². The first-order valence-corrected chi connectivity index (χ1v) is 8.15. The van der Waals surface area contributed by atoms with Crippen LogP contribution >= 0.6 is 11.6 Å². The van der Waals surface area contributed by atoms with Gasteiger partial charge in [-0.15, -0.1) is 0 Å². The van der Waals surface area contributed by atoms with Gasteiger partial charge >= 0.3 is 0 Å². The van der Waals surface area contributed by atoms with E-state index in [-0.39, 0.29) is 5.91 Å². The molecule has 0 bridgehead atoms. The van der Waals surface area contributed by atoms with E-state index in [9.17, 15) is 4.79 Å². The van der Waals surface area contributed by atoms with Crippen molar-refractivity contribution in [3.63, 3.8) is 0 Å². The predicted octanol–water partition coefficient (Wildman–Crippen LogP) is 3.72. The molecule has 0 aliphatic heterocycles. The van der Waals surface area contributed by atoms with E-state index in [0.717, 1.165) is 18.5 Å². The van der Waals surface area contributed by atoms with Crippen LogP contribution in [0.25, 0.3) is 0 Å². The van der Waals surface area contributed by atoms with Gasteiger partial charge in [-0.05, 0) is 31.5 Å². The monoisotopic (exact) mass is 348 g/mol. The lowest BCUT2D eigenvalue weighted by Gasteiger charge is -2.10. The Labute approximate surface area is 146 Å². The Balaban J connectivity index is 2.16. The third-order valence-electron chi connectivity index (χ3n) is 3.31. The van der Waals surface area contributed by atoms with Crippen LogP contribution in [0.5, 0.6) is 5.75 Å². The maximum absolute atomic E-state index is 12.1. The van der Waals surface area contributed by atoms with Gasteiger partial charge in [0.1, 0.15) is 23.1 Å². The number of carbonyl (C=O) groups is 1. The van der Waals surface area contributed by atoms with Gasteiger partial charge in [-0.2, -0.15) is 0 Å². The van der Waals surface area contributed by atoms with Gasteiger partial charge < -0.3 is 15.4 Å². The van der Waals surface area contributed by atoms with Gasteiger partial charge in [0.15, 0.2) is 0 Å². The zero-order valence-electron chi connectivity index (χ0n) is 14.0. The number of halogens is 1. The van der Waals surface area contributed by atoms with E-state index in [1.54, 1.807) is 32.2 Å². The largest absolute Gasteiger partial charge is 0.495 e. The SMILES string of the molecule is CCCCNC(=O)c1cc(Nc2ccc(OC)c(Cl)c2)nc(C)n1. The second-order valence-electron chi connectivity index (χ2n) is 5.27. The molecule has 2 rings (SSSR count). The van der Waals surface area contributed by atoms with E-state index < -0.39 is 0 Å². The fourth-order valence-electron chi connectivity index (χ4n) is 2.11. The number of aryl methyl sites for hydroxylation is 1. The maximum Gasteiger partial charge on any atom is 0.270 e. The number of aromatic nitrogens is 2. The number of ether oxygens (including phenoxy) is 1. The zero-order valence-corrected chi connectivity index (χ0v) is 14.8. The smallest absolute Gasteiger partial charge is 0.270 e. The number of rotatable bonds is 7. The molecule has 0 saturated heterocycles. The van der Waals surface area contributed by atoms with E-state index in [1.165, 1.54) is 0 Å². The number of anilines is 2. The normalized spacial score (nSPS) is 10.3. The maximum atomic E-state index is 12.1. The fraction of sp³-hybridized carbons (Fsp3) is 0.353. The van der Waals surface area contributed by atoms with Crippen molar-refractivity contribution in [1.29, 1.82) is 0 Å². The number of amides is 1. The van der Waals surface area contributed by atoms with Crippen LogP contribution in [0.4, 0.5) is 11.5 Å². The molecule has 2 N–H and O–H groups in total. The molecule has 24 heavy (non-hydrogen) atoms. The van der Waals surface area contributed by atoms with Gasteiger partial charge in [-0.3, -0.25) is 4.79 Å². The highest BCUT2D eigenvalue weighted by molar-refractivity contribution is 6.32. The molecule has 0 aliphatic carbocycles. The van der Waals surface area contributed by atoms with Gasteiger partial charge in [-0.1, -0.05) is 24.9 Å². The lowest BCUT2D eigenvalue weighted by molar-refractivity contribution is 0.0948. The molecular weight excluding hydrogens is 328 g/mol. The van der Waals surface area contributed by atoms with Crippen LogP contribution in [-0.2, 0) is 0 Å². The second-order valence-corrected chi connectivity index (χ2v) is 5.68. The van der Waals surface area contributed by atoms with Crippen molar-refractivity contribution in [2.75, 3.05) is 19.0 Å². The quantitative estimate of drug-likeness (QED) is 0.746. The number of nitrogens with one attached hydrogen (secondary N) is 2. The molecule has 1 amide bonds. The van der Waals surface area contributed by atoms with E-state index in [2.05, 4.69) is 27.5 Å². The molecule has 0 saturated carbocycles. The average Bonchev–Trinajstić information content (AvgIpc) is 2.54. The van der Waals surface area contributed by atoms with Gasteiger partial charge in [0.2, 0.25) is 0 Å². The van der Waals surface area contributed by atoms with Crippen LogP contribution in [0.2, 0.25) is 5.02 Å². The molecule has 1 heterocycles. The minimum absolute atomic E-state index is 0.204. The summed E-state index contributed by atoms with van der Waals surface area (Å²) in [5.41, 5.74) is 1.08. The van der Waals surface area contributed by atoms with Crippen LogP contribution in [0.15, 0.2) is 24.3 Å². The van der Waals surface area contributed by atoms with Crippen molar-refractivity contribution in [2.24, 2.45) is 0 Å². The summed E-state index contributed by atoms with van der Waals surface area (Å²) in [6, 6.07) is 6.94. The third-order valence-corrected chi connectivity index (χ3v) is 3.61. The molecular formula is C17H21ClN4O2. The summed E-state index contributed by atoms with van der Waals surface area (Å²) in [6.07, 6.45) is 1.96. The summed E-state index contributed by atoms with van der Waals surface area (Å²) in [5.74, 6) is 1.44. The molecule has 2 aromatic rings. The van der Waals surface area contributed by atoms with Crippen molar-refractivity contribution in [2.45, 2.75) is 26.7 Å². The first-order valence-electron chi connectivity index (χ1n) is 7.78. The highest BCUT2D eigenvalue weighted by Crippen LogP contribution is 2.28. The van der Waals surface area contributed by atoms with Crippen LogP contribution in [-0.4, -0.2) is 29.5 Å². The molecule has 0 spiro atoms. The summed E-state index contributed by atoms with van der Waals surface area (Å²) in [4.78, 5) is 20.6. The van der Waals surface area contributed by atoms with E-state index >= 15 is 0 Å². The lowest BCUT2D eigenvalue weighted by atomic mass is 10.3. The lowest BCUT2D eigenvalue weighted by Crippen LogP contribution is -2.25. The topological polar surface area (TPSA) is 76.1 Å². The van der Waals surface area contributed by atoms with Crippen LogP contribution in [0, 0.1) is 6.92 Å². The van der Waals surface area contributed by atoms with Crippen molar-refractivity contribution < 1.29 is 9.53 Å². The van der Waals surface area contributed by atoms with Gasteiger partial charge in [0, 0.05) is 18.3 Å². The zero-order chi connectivity index (χ0) is 17.5. The Morgan fingerprint density at radius 2 is 2.08 bits per heavy atom. The van der Waals surface area contributed by atoms with Crippen LogP contribution < -0.4 is 15.4 Å². The van der Waals surface area contributed by atoms with E-state index in [1.807, 2.05) is 6.07 Å². The van der Waals surface area contributed by atoms with Crippen molar-refractivity contribution in [1.82, 2.24) is 15.3 Å². The number of benzene rings is 1. The number of unbranched alkanes of at least 4 members (excludes halogenated alkanes) is 1. The Morgan fingerprint density at radius 1 is 1.29 bits per heavy atom. The van der Waals surface area contributed by atoms with Crippen molar-refractivity contribution in [3.05, 3.63) is 40.8 Å². The first-order chi connectivity index (χ1) is 11.5. The Hall–Kier alpha value is -2.34. The van der Waals surface area contributed by atoms with E-state index in [4.69, 9.17) is 16.3 Å². The molecule has 1 aromatic heterocycles. The Kier molecular flexibility index (Phi) is 6.37. The number of hydrogen-bond acceptors (Lipinski definition) is 5. The minimum Gasteiger partial charge on any atom is -0.495 e. The average molecular weight is 349 g/mol. The fourth-order valence-corrected chi connectivity index (χ4v) is 2.37. The summed E-state index contributed by atoms with van der Waals surface area (Å²) in [5, 5.41) is 6.47. The highest BCUT2D eigenvalue weighted by atomic mass is 35.5. The molecule has 0 atom stereocenters. The Morgan fingerprint density at radius 3 is 2.75 bits per heavy atom. The van der Waals surface area contributed by atoms with Crippen molar-refractivity contribution in [3.8, 4) is 5.75 Å². The Bertz CT molecular complexity index is 722. The number of methoxy groups -OCH3 is 1. The first kappa shape index (κ1) is 18.0. The molecule has 0 aliphatic rings. The summed E-state index contributed by atoms with van der Waals surface area (Å²) < 4.78 is 5.13. The molecule has 1 aromatic carbocycles. The van der Waals surface area contributed by atoms with Gasteiger partial charge in [0.05, 0.1) is 12.1 Å². The molecule has 7 heteroatoms. The molecule has 6 nitrogen and oxygen atoms in total. The molecule has 0 unspecified atom stereocenters. The number of carbonyl (C=O) groups excluding carboxylic acids is 1. The molecule has 128 valence electrons. The summed E-state index contributed by atoms with van der Waals surface area (Å²) in [7, 11) is 1.56. The van der Waals surface area contributed by atoms with Crippen LogP contribution in [0.1, 0.15) is 36.1 Å². The summed E-state index contributed by atoms with van der Waals surface area (Å²) >= 11 is 6.12. The van der Waals surface area contributed by atoms with E-state index in [0.29, 0.717) is 34.7 Å². The van der Waals surface area contributed by atoms with Crippen LogP contribution in [0.3, 0.4) is 0 Å². The van der Waals surface area contributed by atoms with Gasteiger partial charge in [0.25, 0.3) is 5.91 Å². The standard InChI is InChI=1S/C17H21ClN4O2/c1-4-5-8-19-17(23)14-10-16(21-11(2)20-14)22-12-6-7-15(24-3)13(18)9-12/h6-7,9-10H,4-5,8H2,1-3H3,(H,19,23)(H,20,21,22). The highest BCUT2D eigenvalue weighted by Gasteiger charge is 2.11. The predicted molar refractivity (Wildman–Crippen MR) is 95.3 cm³/mol. The minimum atomic E-state index is -0.204. The molecule has 0 fully saturated rings. The third kappa shape index (κ3) is 4.83.